The lowest BCUT2D eigenvalue weighted by molar-refractivity contribution is 1.03. The molecular weight excluding hydrogens is 306 g/mol. The summed E-state index contributed by atoms with van der Waals surface area (Å²) >= 11 is 3.40. The second kappa shape index (κ2) is 6.16. The molecule has 0 saturated heterocycles. The van der Waals surface area contributed by atoms with Crippen LogP contribution in [0.15, 0.2) is 34.8 Å². The molecule has 1 aromatic heterocycles. The van der Waals surface area contributed by atoms with Crippen LogP contribution in [-0.2, 0) is 6.54 Å². The summed E-state index contributed by atoms with van der Waals surface area (Å²) in [7, 11) is 0. The first-order valence-electron chi connectivity index (χ1n) is 5.66. The number of halogens is 1. The fraction of sp³-hybridized carbons (Fsp3) is 0.154. The Bertz CT molecular complexity index is 603. The summed E-state index contributed by atoms with van der Waals surface area (Å²) in [6.45, 7) is 2.45. The zero-order valence-corrected chi connectivity index (χ0v) is 11.9. The van der Waals surface area contributed by atoms with Crippen LogP contribution in [-0.4, -0.2) is 9.97 Å². The molecule has 0 spiro atoms. The van der Waals surface area contributed by atoms with E-state index in [0.717, 1.165) is 10.0 Å². The third kappa shape index (κ3) is 3.93. The molecular formula is C13H12BrN5. The normalized spacial score (nSPS) is 9.74. The molecule has 0 aliphatic rings. The Balaban J connectivity index is 2.07. The summed E-state index contributed by atoms with van der Waals surface area (Å²) in [5.41, 5.74) is 1.15. The Hall–Kier alpha value is -2.13. The summed E-state index contributed by atoms with van der Waals surface area (Å²) in [5.74, 6) is 1.79. The Kier molecular flexibility index (Phi) is 4.31. The van der Waals surface area contributed by atoms with Crippen molar-refractivity contribution >= 4 is 27.6 Å². The van der Waals surface area contributed by atoms with Gasteiger partial charge in [0, 0.05) is 17.1 Å². The lowest BCUT2D eigenvalue weighted by atomic mass is 10.2. The van der Waals surface area contributed by atoms with Gasteiger partial charge >= 0.3 is 0 Å². The van der Waals surface area contributed by atoms with E-state index in [0.29, 0.717) is 24.0 Å². The second-order valence-corrected chi connectivity index (χ2v) is 4.82. The van der Waals surface area contributed by atoms with Crippen LogP contribution < -0.4 is 10.6 Å². The van der Waals surface area contributed by atoms with Crippen molar-refractivity contribution in [3.8, 4) is 6.19 Å². The van der Waals surface area contributed by atoms with Crippen molar-refractivity contribution in [2.75, 3.05) is 10.6 Å². The molecule has 2 rings (SSSR count). The quantitative estimate of drug-likeness (QED) is 0.669. The zero-order valence-electron chi connectivity index (χ0n) is 10.3. The third-order valence-corrected chi connectivity index (χ3v) is 2.94. The topological polar surface area (TPSA) is 73.6 Å². The van der Waals surface area contributed by atoms with E-state index >= 15 is 0 Å². The van der Waals surface area contributed by atoms with E-state index in [1.54, 1.807) is 13.0 Å². The number of aryl methyl sites for hydroxylation is 1. The second-order valence-electron chi connectivity index (χ2n) is 3.90. The van der Waals surface area contributed by atoms with Crippen LogP contribution in [0.2, 0.25) is 0 Å². The number of hydrogen-bond acceptors (Lipinski definition) is 5. The predicted molar refractivity (Wildman–Crippen MR) is 77.5 cm³/mol. The van der Waals surface area contributed by atoms with Crippen LogP contribution >= 0.6 is 15.9 Å². The lowest BCUT2D eigenvalue weighted by Gasteiger charge is -2.08. The van der Waals surface area contributed by atoms with Gasteiger partial charge in [-0.05, 0) is 24.6 Å². The Morgan fingerprint density at radius 3 is 2.58 bits per heavy atom. The number of nitrogens with zero attached hydrogens (tertiary/aromatic N) is 3. The van der Waals surface area contributed by atoms with E-state index in [4.69, 9.17) is 5.26 Å². The Morgan fingerprint density at radius 1 is 1.21 bits per heavy atom. The molecule has 0 saturated carbocycles. The molecule has 96 valence electrons. The molecule has 2 N–H and O–H groups in total. The van der Waals surface area contributed by atoms with Gasteiger partial charge in [-0.15, -0.1) is 0 Å². The number of benzene rings is 1. The highest BCUT2D eigenvalue weighted by molar-refractivity contribution is 9.10. The summed E-state index contributed by atoms with van der Waals surface area (Å²) in [6.07, 6.45) is 1.85. The highest BCUT2D eigenvalue weighted by Crippen LogP contribution is 2.14. The molecule has 0 amide bonds. The minimum Gasteiger partial charge on any atom is -0.366 e. The number of rotatable bonds is 4. The average Bonchev–Trinajstić information content (AvgIpc) is 2.38. The van der Waals surface area contributed by atoms with Gasteiger partial charge in [0.25, 0.3) is 0 Å². The minimum absolute atomic E-state index is 0.494. The number of aromatic nitrogens is 2. The number of hydrogen-bond donors (Lipinski definition) is 2. The maximum absolute atomic E-state index is 8.59. The first kappa shape index (κ1) is 13.3. The largest absolute Gasteiger partial charge is 0.366 e. The molecule has 0 unspecified atom stereocenters. The molecule has 0 aliphatic heterocycles. The first-order valence-corrected chi connectivity index (χ1v) is 6.46. The first-order chi connectivity index (χ1) is 9.17. The van der Waals surface area contributed by atoms with Gasteiger partial charge in [-0.25, -0.2) is 9.97 Å². The Labute approximate surface area is 119 Å². The molecule has 1 heterocycles. The number of nitriles is 1. The van der Waals surface area contributed by atoms with Gasteiger partial charge in [0.05, 0.1) is 0 Å². The monoisotopic (exact) mass is 317 g/mol. The van der Waals surface area contributed by atoms with Gasteiger partial charge in [0.1, 0.15) is 17.5 Å². The molecule has 0 aliphatic carbocycles. The minimum atomic E-state index is 0.494. The molecule has 0 atom stereocenters. The maximum atomic E-state index is 8.59. The van der Waals surface area contributed by atoms with Gasteiger partial charge in [-0.2, -0.15) is 5.26 Å². The lowest BCUT2D eigenvalue weighted by Crippen LogP contribution is -2.04. The standard InChI is InChI=1S/C13H12BrN5/c1-9-18-12(6-13(19-9)17-8-15)16-7-10-2-4-11(14)5-3-10/h2-6H,7H2,1H3,(H2,16,17,18,19). The highest BCUT2D eigenvalue weighted by Gasteiger charge is 2.01. The van der Waals surface area contributed by atoms with Crippen molar-refractivity contribution in [3.63, 3.8) is 0 Å². The van der Waals surface area contributed by atoms with E-state index in [1.165, 1.54) is 0 Å². The zero-order chi connectivity index (χ0) is 13.7. The van der Waals surface area contributed by atoms with Crippen molar-refractivity contribution in [2.45, 2.75) is 13.5 Å². The van der Waals surface area contributed by atoms with Crippen LogP contribution in [0.4, 0.5) is 11.6 Å². The molecule has 2 aromatic rings. The maximum Gasteiger partial charge on any atom is 0.182 e. The molecule has 1 aromatic carbocycles. The summed E-state index contributed by atoms with van der Waals surface area (Å²) in [5, 5.41) is 14.3. The average molecular weight is 318 g/mol. The predicted octanol–water partition coefficient (Wildman–Crippen LogP) is 3.05. The summed E-state index contributed by atoms with van der Waals surface area (Å²) in [4.78, 5) is 8.37. The van der Waals surface area contributed by atoms with Crippen molar-refractivity contribution in [1.29, 1.82) is 5.26 Å². The number of anilines is 2. The van der Waals surface area contributed by atoms with Crippen LogP contribution in [0.3, 0.4) is 0 Å². The van der Waals surface area contributed by atoms with Gasteiger partial charge in [0.15, 0.2) is 6.19 Å². The Morgan fingerprint density at radius 2 is 1.89 bits per heavy atom. The highest BCUT2D eigenvalue weighted by atomic mass is 79.9. The fourth-order valence-electron chi connectivity index (χ4n) is 1.57. The molecule has 0 radical (unpaired) electrons. The van der Waals surface area contributed by atoms with Crippen LogP contribution in [0.5, 0.6) is 0 Å². The van der Waals surface area contributed by atoms with Crippen molar-refractivity contribution in [2.24, 2.45) is 0 Å². The van der Waals surface area contributed by atoms with Crippen molar-refractivity contribution in [3.05, 3.63) is 46.2 Å². The van der Waals surface area contributed by atoms with Gasteiger partial charge in [-0.3, -0.25) is 5.32 Å². The van der Waals surface area contributed by atoms with Crippen LogP contribution in [0, 0.1) is 18.4 Å². The van der Waals surface area contributed by atoms with E-state index in [9.17, 15) is 0 Å². The van der Waals surface area contributed by atoms with Gasteiger partial charge in [-0.1, -0.05) is 28.1 Å². The number of nitrogens with one attached hydrogen (secondary N) is 2. The molecule has 0 bridgehead atoms. The molecule has 5 nitrogen and oxygen atoms in total. The summed E-state index contributed by atoms with van der Waals surface area (Å²) in [6, 6.07) is 9.74. The summed E-state index contributed by atoms with van der Waals surface area (Å²) < 4.78 is 1.05. The SMILES string of the molecule is Cc1nc(NC#N)cc(NCc2ccc(Br)cc2)n1. The van der Waals surface area contributed by atoms with E-state index in [-0.39, 0.29) is 0 Å². The van der Waals surface area contributed by atoms with Gasteiger partial charge in [0.2, 0.25) is 0 Å². The smallest absolute Gasteiger partial charge is 0.182 e. The van der Waals surface area contributed by atoms with E-state index in [2.05, 4.69) is 36.5 Å². The van der Waals surface area contributed by atoms with E-state index in [1.807, 2.05) is 30.5 Å². The fourth-order valence-corrected chi connectivity index (χ4v) is 1.84. The van der Waals surface area contributed by atoms with Gasteiger partial charge < -0.3 is 5.32 Å². The third-order valence-electron chi connectivity index (χ3n) is 2.41. The van der Waals surface area contributed by atoms with Crippen molar-refractivity contribution in [1.82, 2.24) is 9.97 Å². The molecule has 0 fully saturated rings. The molecule has 19 heavy (non-hydrogen) atoms. The van der Waals surface area contributed by atoms with Crippen LogP contribution in [0.1, 0.15) is 11.4 Å². The van der Waals surface area contributed by atoms with Crippen molar-refractivity contribution < 1.29 is 0 Å². The van der Waals surface area contributed by atoms with Crippen LogP contribution in [0.25, 0.3) is 0 Å². The molecule has 6 heteroatoms. The van der Waals surface area contributed by atoms with E-state index < -0.39 is 0 Å².